The highest BCUT2D eigenvalue weighted by Crippen LogP contribution is 2.36. The van der Waals surface area contributed by atoms with Gasteiger partial charge in [-0.25, -0.2) is 9.97 Å². The summed E-state index contributed by atoms with van der Waals surface area (Å²) >= 11 is 0. The third kappa shape index (κ3) is 4.50. The Labute approximate surface area is 151 Å². The van der Waals surface area contributed by atoms with Crippen molar-refractivity contribution < 1.29 is 9.53 Å². The lowest BCUT2D eigenvalue weighted by atomic mass is 9.75. The maximum atomic E-state index is 12.7. The molecule has 0 bridgehead atoms. The number of carbonyl (C=O) groups is 1. The fourth-order valence-corrected chi connectivity index (χ4v) is 4.27. The van der Waals surface area contributed by atoms with Crippen molar-refractivity contribution in [2.45, 2.75) is 59.0 Å². The average Bonchev–Trinajstić information content (AvgIpc) is 2.62. The highest BCUT2D eigenvalue weighted by atomic mass is 16.5. The van der Waals surface area contributed by atoms with Gasteiger partial charge in [0.2, 0.25) is 5.95 Å². The van der Waals surface area contributed by atoms with Gasteiger partial charge in [-0.1, -0.05) is 27.2 Å². The Kier molecular flexibility index (Phi) is 5.92. The smallest absolute Gasteiger partial charge is 0.309 e. The van der Waals surface area contributed by atoms with Crippen molar-refractivity contribution in [1.29, 1.82) is 0 Å². The van der Waals surface area contributed by atoms with E-state index >= 15 is 0 Å². The lowest BCUT2D eigenvalue weighted by Crippen LogP contribution is -2.41. The van der Waals surface area contributed by atoms with Gasteiger partial charge in [-0.05, 0) is 49.5 Å². The van der Waals surface area contributed by atoms with Crippen molar-refractivity contribution in [1.82, 2.24) is 9.97 Å². The molecule has 0 N–H and O–H groups in total. The molecule has 1 aromatic rings. The fourth-order valence-electron chi connectivity index (χ4n) is 4.27. The van der Waals surface area contributed by atoms with E-state index in [4.69, 9.17) is 4.74 Å². The number of rotatable bonds is 4. The van der Waals surface area contributed by atoms with E-state index in [1.807, 2.05) is 6.07 Å². The van der Waals surface area contributed by atoms with E-state index in [1.54, 1.807) is 12.4 Å². The Bertz CT molecular complexity index is 555. The van der Waals surface area contributed by atoms with Gasteiger partial charge in [0.25, 0.3) is 0 Å². The van der Waals surface area contributed by atoms with Crippen LogP contribution < -0.4 is 4.90 Å². The van der Waals surface area contributed by atoms with Crippen LogP contribution in [-0.2, 0) is 9.53 Å². The number of esters is 1. The van der Waals surface area contributed by atoms with Crippen molar-refractivity contribution in [3.63, 3.8) is 0 Å². The maximum absolute atomic E-state index is 12.7. The first-order valence-electron chi connectivity index (χ1n) is 9.77. The molecule has 25 heavy (non-hydrogen) atoms. The molecule has 0 aromatic carbocycles. The lowest BCUT2D eigenvalue weighted by molar-refractivity contribution is -0.161. The number of anilines is 1. The van der Waals surface area contributed by atoms with Gasteiger partial charge >= 0.3 is 5.97 Å². The molecule has 5 nitrogen and oxygen atoms in total. The number of carbonyl (C=O) groups excluding carboxylic acids is 1. The highest BCUT2D eigenvalue weighted by molar-refractivity contribution is 5.73. The quantitative estimate of drug-likeness (QED) is 0.779. The number of hydrogen-bond acceptors (Lipinski definition) is 5. The number of nitrogens with zero attached hydrogens (tertiary/aromatic N) is 3. The second-order valence-corrected chi connectivity index (χ2v) is 8.11. The van der Waals surface area contributed by atoms with Crippen molar-refractivity contribution in [2.24, 2.45) is 23.7 Å². The van der Waals surface area contributed by atoms with Crippen LogP contribution in [0.3, 0.4) is 0 Å². The Balaban J connectivity index is 1.53. The highest BCUT2D eigenvalue weighted by Gasteiger charge is 2.35. The third-order valence-corrected chi connectivity index (χ3v) is 5.89. The minimum atomic E-state index is 0.0124. The van der Waals surface area contributed by atoms with Gasteiger partial charge in [0.05, 0.1) is 5.92 Å². The number of piperidine rings is 1. The summed E-state index contributed by atoms with van der Waals surface area (Å²) in [6, 6.07) is 1.82. The topological polar surface area (TPSA) is 55.3 Å². The van der Waals surface area contributed by atoms with E-state index in [9.17, 15) is 4.79 Å². The summed E-state index contributed by atoms with van der Waals surface area (Å²) < 4.78 is 6.03. The molecule has 1 saturated heterocycles. The Morgan fingerprint density at radius 1 is 1.16 bits per heavy atom. The minimum Gasteiger partial charge on any atom is -0.462 e. The summed E-state index contributed by atoms with van der Waals surface area (Å²) in [4.78, 5) is 23.5. The van der Waals surface area contributed by atoms with Crippen molar-refractivity contribution in [3.8, 4) is 0 Å². The predicted molar refractivity (Wildman–Crippen MR) is 98.2 cm³/mol. The van der Waals surface area contributed by atoms with Gasteiger partial charge in [0.15, 0.2) is 0 Å². The molecule has 3 unspecified atom stereocenters. The maximum Gasteiger partial charge on any atom is 0.309 e. The summed E-state index contributed by atoms with van der Waals surface area (Å²) in [6.07, 6.45) is 8.74. The molecule has 3 rings (SSSR count). The molecule has 2 aliphatic rings. The fraction of sp³-hybridized carbons (Fsp3) is 0.750. The van der Waals surface area contributed by atoms with Crippen LogP contribution in [0.1, 0.15) is 52.9 Å². The summed E-state index contributed by atoms with van der Waals surface area (Å²) in [7, 11) is 0. The zero-order valence-electron chi connectivity index (χ0n) is 15.7. The van der Waals surface area contributed by atoms with Crippen LogP contribution in [0.25, 0.3) is 0 Å². The first-order valence-corrected chi connectivity index (χ1v) is 9.77. The molecule has 1 aliphatic carbocycles. The van der Waals surface area contributed by atoms with Crippen molar-refractivity contribution in [3.05, 3.63) is 18.5 Å². The molecule has 138 valence electrons. The van der Waals surface area contributed by atoms with Crippen LogP contribution >= 0.6 is 0 Å². The monoisotopic (exact) mass is 345 g/mol. The number of ether oxygens (including phenoxy) is 1. The molecule has 1 saturated carbocycles. The Morgan fingerprint density at radius 2 is 1.84 bits per heavy atom. The van der Waals surface area contributed by atoms with Gasteiger partial charge in [0, 0.05) is 25.5 Å². The molecule has 5 heteroatoms. The van der Waals surface area contributed by atoms with Gasteiger partial charge < -0.3 is 9.64 Å². The standard InChI is InChI=1S/C20H31N3O2/c1-14(2)17-6-5-15(3)13-18(17)25-19(24)16-7-11-23(12-8-16)20-21-9-4-10-22-20/h4,9-10,14-18H,5-8,11-13H2,1-3H3. The largest absolute Gasteiger partial charge is 0.462 e. The van der Waals surface area contributed by atoms with Gasteiger partial charge in [-0.15, -0.1) is 0 Å². The molecule has 0 spiro atoms. The van der Waals surface area contributed by atoms with Crippen molar-refractivity contribution in [2.75, 3.05) is 18.0 Å². The molecule has 2 heterocycles. The second-order valence-electron chi connectivity index (χ2n) is 8.11. The zero-order valence-corrected chi connectivity index (χ0v) is 15.7. The van der Waals surface area contributed by atoms with Crippen LogP contribution in [-0.4, -0.2) is 35.1 Å². The molecular weight excluding hydrogens is 314 g/mol. The molecule has 1 aliphatic heterocycles. The normalized spacial score (nSPS) is 28.2. The Morgan fingerprint density at radius 3 is 2.48 bits per heavy atom. The number of hydrogen-bond donors (Lipinski definition) is 0. The molecule has 2 fully saturated rings. The first-order chi connectivity index (χ1) is 12.0. The molecular formula is C20H31N3O2. The average molecular weight is 345 g/mol. The van der Waals surface area contributed by atoms with Crippen LogP contribution in [0.5, 0.6) is 0 Å². The van der Waals surface area contributed by atoms with Crippen LogP contribution in [0.15, 0.2) is 18.5 Å². The second kappa shape index (κ2) is 8.15. The zero-order chi connectivity index (χ0) is 17.8. The van der Waals surface area contributed by atoms with E-state index in [2.05, 4.69) is 35.6 Å². The van der Waals surface area contributed by atoms with Crippen LogP contribution in [0.2, 0.25) is 0 Å². The first kappa shape index (κ1) is 18.2. The van der Waals surface area contributed by atoms with E-state index in [-0.39, 0.29) is 18.0 Å². The van der Waals surface area contributed by atoms with E-state index in [1.165, 1.54) is 12.8 Å². The molecule has 0 amide bonds. The summed E-state index contributed by atoms with van der Waals surface area (Å²) in [5, 5.41) is 0. The van der Waals surface area contributed by atoms with Crippen molar-refractivity contribution >= 4 is 11.9 Å². The predicted octanol–water partition coefficient (Wildman–Crippen LogP) is 3.70. The number of aromatic nitrogens is 2. The van der Waals surface area contributed by atoms with Crippen LogP contribution in [0, 0.1) is 23.7 Å². The van der Waals surface area contributed by atoms with E-state index in [0.29, 0.717) is 17.8 Å². The third-order valence-electron chi connectivity index (χ3n) is 5.89. The summed E-state index contributed by atoms with van der Waals surface area (Å²) in [6.45, 7) is 8.41. The molecule has 1 aromatic heterocycles. The van der Waals surface area contributed by atoms with Gasteiger partial charge in [0.1, 0.15) is 6.10 Å². The minimum absolute atomic E-state index is 0.0124. The van der Waals surface area contributed by atoms with E-state index in [0.717, 1.165) is 38.3 Å². The summed E-state index contributed by atoms with van der Waals surface area (Å²) in [5.74, 6) is 2.53. The van der Waals surface area contributed by atoms with E-state index < -0.39 is 0 Å². The molecule has 3 atom stereocenters. The summed E-state index contributed by atoms with van der Waals surface area (Å²) in [5.41, 5.74) is 0. The molecule has 0 radical (unpaired) electrons. The lowest BCUT2D eigenvalue weighted by Gasteiger charge is -2.38. The SMILES string of the molecule is CC1CCC(C(C)C)C(OC(=O)C2CCN(c3ncccn3)CC2)C1. The van der Waals surface area contributed by atoms with Gasteiger partial charge in [-0.2, -0.15) is 0 Å². The Hall–Kier alpha value is -1.65. The van der Waals surface area contributed by atoms with Crippen LogP contribution in [0.4, 0.5) is 5.95 Å². The van der Waals surface area contributed by atoms with Gasteiger partial charge in [-0.3, -0.25) is 4.79 Å².